The van der Waals surface area contributed by atoms with E-state index in [1.807, 2.05) is 0 Å². The molecule has 2 N–H and O–H groups in total. The van der Waals surface area contributed by atoms with Crippen LogP contribution in [0.15, 0.2) is 35.1 Å². The van der Waals surface area contributed by atoms with Gasteiger partial charge >= 0.3 is 6.03 Å². The number of carbonyl (C=O) groups excluding carboxylic acids is 1. The number of nitrogens with zero attached hydrogens (tertiary/aromatic N) is 2. The molecule has 1 saturated carbocycles. The van der Waals surface area contributed by atoms with Crippen LogP contribution < -0.4 is 16.2 Å². The van der Waals surface area contributed by atoms with Crippen LogP contribution in [0.4, 0.5) is 10.5 Å². The van der Waals surface area contributed by atoms with Crippen molar-refractivity contribution >= 4 is 34.9 Å². The number of benzene rings is 1. The molecule has 0 atom stereocenters. The maximum absolute atomic E-state index is 11.9. The number of amides is 2. The van der Waals surface area contributed by atoms with Crippen molar-refractivity contribution in [2.24, 2.45) is 0 Å². The van der Waals surface area contributed by atoms with Gasteiger partial charge in [-0.05, 0) is 37.1 Å². The third-order valence-corrected chi connectivity index (χ3v) is 4.41. The molecule has 2 aromatic rings. The molecule has 2 amide bonds. The zero-order valence-electron chi connectivity index (χ0n) is 12.8. The van der Waals surface area contributed by atoms with Gasteiger partial charge in [0, 0.05) is 24.2 Å². The van der Waals surface area contributed by atoms with E-state index in [9.17, 15) is 9.59 Å². The second-order valence-electron chi connectivity index (χ2n) is 5.60. The lowest BCUT2D eigenvalue weighted by Gasteiger charge is -2.10. The van der Waals surface area contributed by atoms with Gasteiger partial charge < -0.3 is 10.6 Å². The van der Waals surface area contributed by atoms with Crippen LogP contribution in [0, 0.1) is 0 Å². The lowest BCUT2D eigenvalue weighted by Crippen LogP contribution is -2.34. The lowest BCUT2D eigenvalue weighted by atomic mass is 10.3. The molecule has 6 nitrogen and oxygen atoms in total. The van der Waals surface area contributed by atoms with Crippen molar-refractivity contribution in [2.45, 2.75) is 25.3 Å². The minimum atomic E-state index is -0.389. The summed E-state index contributed by atoms with van der Waals surface area (Å²) in [5.74, 6) is 0.475. The molecule has 24 heavy (non-hydrogen) atoms. The Bertz CT molecular complexity index is 818. The highest BCUT2D eigenvalue weighted by Gasteiger charge is 2.25. The Labute approximate surface area is 148 Å². The first kappa shape index (κ1) is 16.8. The molecule has 1 fully saturated rings. The Kier molecular flexibility index (Phi) is 5.06. The minimum absolute atomic E-state index is 0.175. The fourth-order valence-electron chi connectivity index (χ4n) is 2.25. The molecular formula is C16H16Cl2N4O2. The van der Waals surface area contributed by atoms with Gasteiger partial charge in [0.25, 0.3) is 5.56 Å². The Hall–Kier alpha value is -2.05. The topological polar surface area (TPSA) is 76.0 Å². The number of carbonyl (C=O) groups is 1. The van der Waals surface area contributed by atoms with E-state index in [0.717, 1.165) is 18.5 Å². The maximum Gasteiger partial charge on any atom is 0.319 e. The third kappa shape index (κ3) is 4.27. The molecular weight excluding hydrogens is 351 g/mol. The summed E-state index contributed by atoms with van der Waals surface area (Å²) in [5, 5.41) is 10.4. The van der Waals surface area contributed by atoms with Gasteiger partial charge in [0.1, 0.15) is 0 Å². The second kappa shape index (κ2) is 7.23. The van der Waals surface area contributed by atoms with E-state index in [2.05, 4.69) is 15.7 Å². The Morgan fingerprint density at radius 2 is 2.00 bits per heavy atom. The molecule has 1 aromatic heterocycles. The van der Waals surface area contributed by atoms with Crippen molar-refractivity contribution in [3.8, 4) is 0 Å². The normalized spacial score (nSPS) is 13.6. The van der Waals surface area contributed by atoms with Gasteiger partial charge in [-0.15, -0.1) is 0 Å². The second-order valence-corrected chi connectivity index (χ2v) is 6.42. The van der Waals surface area contributed by atoms with Gasteiger partial charge in [-0.25, -0.2) is 9.48 Å². The van der Waals surface area contributed by atoms with Crippen molar-refractivity contribution in [3.63, 3.8) is 0 Å². The number of hydrogen-bond acceptors (Lipinski definition) is 3. The summed E-state index contributed by atoms with van der Waals surface area (Å²) in [7, 11) is 0. The quantitative estimate of drug-likeness (QED) is 0.852. The highest BCUT2D eigenvalue weighted by Crippen LogP contribution is 2.38. The fraction of sp³-hybridized carbons (Fsp3) is 0.312. The number of halogens is 2. The molecule has 0 saturated heterocycles. The molecule has 0 unspecified atom stereocenters. The van der Waals surface area contributed by atoms with Gasteiger partial charge in [0.2, 0.25) is 0 Å². The largest absolute Gasteiger partial charge is 0.336 e. The zero-order chi connectivity index (χ0) is 17.1. The van der Waals surface area contributed by atoms with Crippen molar-refractivity contribution < 1.29 is 4.79 Å². The van der Waals surface area contributed by atoms with Gasteiger partial charge in [-0.3, -0.25) is 4.79 Å². The number of nitrogens with one attached hydrogen (secondary N) is 2. The van der Waals surface area contributed by atoms with E-state index < -0.39 is 0 Å². The Balaban J connectivity index is 1.52. The smallest absolute Gasteiger partial charge is 0.319 e. The average molecular weight is 367 g/mol. The molecule has 0 spiro atoms. The maximum atomic E-state index is 11.9. The fourth-order valence-corrected chi connectivity index (χ4v) is 2.54. The van der Waals surface area contributed by atoms with Crippen molar-refractivity contribution in [3.05, 3.63) is 56.4 Å². The molecule has 126 valence electrons. The van der Waals surface area contributed by atoms with Crippen LogP contribution in [0.5, 0.6) is 0 Å². The molecule has 0 radical (unpaired) electrons. The summed E-state index contributed by atoms with van der Waals surface area (Å²) in [5.41, 5.74) is 1.30. The highest BCUT2D eigenvalue weighted by molar-refractivity contribution is 6.42. The van der Waals surface area contributed by atoms with Crippen LogP contribution in [0.3, 0.4) is 0 Å². The summed E-state index contributed by atoms with van der Waals surface area (Å²) >= 11 is 11.7. The van der Waals surface area contributed by atoms with E-state index in [4.69, 9.17) is 23.2 Å². The van der Waals surface area contributed by atoms with Crippen LogP contribution in [-0.2, 0) is 6.54 Å². The summed E-state index contributed by atoms with van der Waals surface area (Å²) in [6.07, 6.45) is 2.24. The molecule has 0 bridgehead atoms. The van der Waals surface area contributed by atoms with Gasteiger partial charge in [0.15, 0.2) is 0 Å². The molecule has 3 rings (SSSR count). The number of anilines is 1. The average Bonchev–Trinajstić information content (AvgIpc) is 3.38. The summed E-state index contributed by atoms with van der Waals surface area (Å²) in [4.78, 5) is 23.7. The van der Waals surface area contributed by atoms with Crippen molar-refractivity contribution in [2.75, 3.05) is 11.9 Å². The van der Waals surface area contributed by atoms with Gasteiger partial charge in [0.05, 0.1) is 22.3 Å². The van der Waals surface area contributed by atoms with E-state index in [-0.39, 0.29) is 18.1 Å². The molecule has 1 aliphatic rings. The zero-order valence-corrected chi connectivity index (χ0v) is 14.3. The highest BCUT2D eigenvalue weighted by atomic mass is 35.5. The molecule has 1 aliphatic carbocycles. The van der Waals surface area contributed by atoms with Crippen molar-refractivity contribution in [1.29, 1.82) is 0 Å². The van der Waals surface area contributed by atoms with Crippen molar-refractivity contribution in [1.82, 2.24) is 15.1 Å². The van der Waals surface area contributed by atoms with Crippen LogP contribution in [0.25, 0.3) is 0 Å². The van der Waals surface area contributed by atoms with E-state index >= 15 is 0 Å². The molecule has 1 aromatic carbocycles. The van der Waals surface area contributed by atoms with Crippen LogP contribution in [-0.4, -0.2) is 22.4 Å². The van der Waals surface area contributed by atoms with Crippen LogP contribution in [0.1, 0.15) is 24.5 Å². The summed E-state index contributed by atoms with van der Waals surface area (Å²) in [6.45, 7) is 0.600. The number of hydrogen-bond donors (Lipinski definition) is 2. The van der Waals surface area contributed by atoms with E-state index in [1.54, 1.807) is 24.3 Å². The number of rotatable bonds is 5. The molecule has 8 heteroatoms. The lowest BCUT2D eigenvalue weighted by molar-refractivity contribution is 0.251. The Morgan fingerprint density at radius 1 is 1.21 bits per heavy atom. The first-order valence-corrected chi connectivity index (χ1v) is 8.36. The monoisotopic (exact) mass is 366 g/mol. The SMILES string of the molecule is O=C(NCCn1nc(C2CC2)ccc1=O)Nc1ccc(Cl)c(Cl)c1. The predicted octanol–water partition coefficient (Wildman–Crippen LogP) is 3.25. The van der Waals surface area contributed by atoms with Crippen LogP contribution in [0.2, 0.25) is 10.0 Å². The molecule has 0 aliphatic heterocycles. The van der Waals surface area contributed by atoms with E-state index in [1.165, 1.54) is 10.7 Å². The predicted molar refractivity (Wildman–Crippen MR) is 94.0 cm³/mol. The summed E-state index contributed by atoms with van der Waals surface area (Å²) in [6, 6.07) is 7.73. The van der Waals surface area contributed by atoms with Crippen LogP contribution >= 0.6 is 23.2 Å². The van der Waals surface area contributed by atoms with Gasteiger partial charge in [-0.2, -0.15) is 5.10 Å². The summed E-state index contributed by atoms with van der Waals surface area (Å²) < 4.78 is 1.38. The Morgan fingerprint density at radius 3 is 2.71 bits per heavy atom. The molecule has 1 heterocycles. The number of aromatic nitrogens is 2. The number of urea groups is 1. The third-order valence-electron chi connectivity index (χ3n) is 3.67. The van der Waals surface area contributed by atoms with Gasteiger partial charge in [-0.1, -0.05) is 23.2 Å². The first-order valence-electron chi connectivity index (χ1n) is 7.61. The van der Waals surface area contributed by atoms with E-state index in [0.29, 0.717) is 28.2 Å². The minimum Gasteiger partial charge on any atom is -0.336 e. The first-order chi connectivity index (χ1) is 11.5. The standard InChI is InChI=1S/C16H16Cl2N4O2/c17-12-4-3-11(9-13(12)18)20-16(24)19-7-8-22-15(23)6-5-14(21-22)10-1-2-10/h3-6,9-10H,1-2,7-8H2,(H2,19,20,24).